The molecule has 2 aliphatic heterocycles. The Morgan fingerprint density at radius 2 is 1.86 bits per heavy atom. The van der Waals surface area contributed by atoms with Crippen LogP contribution < -0.4 is 0 Å². The van der Waals surface area contributed by atoms with Crippen molar-refractivity contribution in [2.45, 2.75) is 64.1 Å². The molecule has 2 bridgehead atoms. The third kappa shape index (κ3) is 2.36. The van der Waals surface area contributed by atoms with Crippen LogP contribution in [-0.4, -0.2) is 35.1 Å². The molecule has 1 saturated carbocycles. The summed E-state index contributed by atoms with van der Waals surface area (Å²) in [4.78, 5) is 15.0. The Bertz CT molecular complexity index is 573. The maximum absolute atomic E-state index is 12.5. The standard InChI is InChI=1S/C19H27NO2/c1-13-6-8-14(9-7-13)17(21)22-16-12-19(4)11-10-15(16)18(2,3)20(19)5/h6-9,15-16H,10-12H2,1-5H3/t15-,16-,19+/m1/s1. The second-order valence-corrected chi connectivity index (χ2v) is 7.87. The van der Waals surface area contributed by atoms with Gasteiger partial charge in [-0.25, -0.2) is 4.79 Å². The molecule has 0 N–H and O–H groups in total. The SMILES string of the molecule is Cc1ccc(C(=O)O[C@@H]2C[C@]3(C)CC[C@H]2C(C)(C)N3C)cc1. The van der Waals surface area contributed by atoms with Gasteiger partial charge in [-0.2, -0.15) is 0 Å². The number of hydrogen-bond acceptors (Lipinski definition) is 3. The number of nitrogens with zero attached hydrogens (tertiary/aromatic N) is 1. The molecule has 0 radical (unpaired) electrons. The van der Waals surface area contributed by atoms with E-state index in [2.05, 4.69) is 32.7 Å². The van der Waals surface area contributed by atoms with Gasteiger partial charge >= 0.3 is 5.97 Å². The Morgan fingerprint density at radius 3 is 2.45 bits per heavy atom. The predicted octanol–water partition coefficient (Wildman–Crippen LogP) is 3.80. The first-order valence-corrected chi connectivity index (χ1v) is 8.26. The second-order valence-electron chi connectivity index (χ2n) is 7.87. The number of hydrogen-bond donors (Lipinski definition) is 0. The molecule has 3 atom stereocenters. The van der Waals surface area contributed by atoms with Crippen molar-refractivity contribution in [3.05, 3.63) is 35.4 Å². The Morgan fingerprint density at radius 1 is 1.23 bits per heavy atom. The topological polar surface area (TPSA) is 29.5 Å². The van der Waals surface area contributed by atoms with Crippen molar-refractivity contribution in [3.8, 4) is 0 Å². The van der Waals surface area contributed by atoms with Gasteiger partial charge in [-0.05, 0) is 59.7 Å². The van der Waals surface area contributed by atoms with Crippen LogP contribution in [0.15, 0.2) is 24.3 Å². The Labute approximate surface area is 133 Å². The average molecular weight is 301 g/mol. The number of aryl methyl sites for hydroxylation is 1. The van der Waals surface area contributed by atoms with Crippen molar-refractivity contribution in [2.75, 3.05) is 7.05 Å². The molecule has 1 aromatic carbocycles. The van der Waals surface area contributed by atoms with Crippen molar-refractivity contribution < 1.29 is 9.53 Å². The number of piperidine rings is 2. The summed E-state index contributed by atoms with van der Waals surface area (Å²) < 4.78 is 5.93. The molecule has 0 unspecified atom stereocenters. The number of carbonyl (C=O) groups is 1. The Kier molecular flexibility index (Phi) is 3.59. The molecule has 1 aliphatic carbocycles. The van der Waals surface area contributed by atoms with Gasteiger partial charge in [0.25, 0.3) is 0 Å². The maximum atomic E-state index is 12.5. The number of carbonyl (C=O) groups excluding carboxylic acids is 1. The number of ether oxygens (including phenoxy) is 1. The van der Waals surface area contributed by atoms with E-state index in [1.54, 1.807) is 0 Å². The summed E-state index contributed by atoms with van der Waals surface area (Å²) in [6.07, 6.45) is 3.30. The number of rotatable bonds is 2. The van der Waals surface area contributed by atoms with Gasteiger partial charge in [-0.1, -0.05) is 17.7 Å². The fraction of sp³-hybridized carbons (Fsp3) is 0.632. The van der Waals surface area contributed by atoms with Gasteiger partial charge in [0.2, 0.25) is 0 Å². The lowest BCUT2D eigenvalue weighted by molar-refractivity contribution is -0.162. The lowest BCUT2D eigenvalue weighted by Gasteiger charge is -2.63. The first kappa shape index (κ1) is 15.5. The summed E-state index contributed by atoms with van der Waals surface area (Å²) in [5.41, 5.74) is 2.02. The summed E-state index contributed by atoms with van der Waals surface area (Å²) in [6, 6.07) is 7.64. The second kappa shape index (κ2) is 5.09. The van der Waals surface area contributed by atoms with Crippen molar-refractivity contribution in [2.24, 2.45) is 5.92 Å². The molecule has 0 spiro atoms. The smallest absolute Gasteiger partial charge is 0.338 e. The van der Waals surface area contributed by atoms with E-state index in [1.807, 2.05) is 31.2 Å². The molecular formula is C19H27NO2. The van der Waals surface area contributed by atoms with Gasteiger partial charge in [-0.15, -0.1) is 0 Å². The first-order chi connectivity index (χ1) is 10.2. The van der Waals surface area contributed by atoms with Crippen LogP contribution >= 0.6 is 0 Å². The summed E-state index contributed by atoms with van der Waals surface area (Å²) in [5, 5.41) is 0. The molecule has 120 valence electrons. The van der Waals surface area contributed by atoms with Gasteiger partial charge in [0.1, 0.15) is 6.10 Å². The highest BCUT2D eigenvalue weighted by Gasteiger charge is 2.57. The van der Waals surface area contributed by atoms with Crippen LogP contribution in [0.1, 0.15) is 56.0 Å². The molecule has 22 heavy (non-hydrogen) atoms. The van der Waals surface area contributed by atoms with Crippen LogP contribution in [0.4, 0.5) is 0 Å². The van der Waals surface area contributed by atoms with Crippen LogP contribution in [0.3, 0.4) is 0 Å². The summed E-state index contributed by atoms with van der Waals surface area (Å²) in [5.74, 6) is 0.230. The van der Waals surface area contributed by atoms with Gasteiger partial charge in [-0.3, -0.25) is 4.90 Å². The van der Waals surface area contributed by atoms with E-state index in [1.165, 1.54) is 6.42 Å². The van der Waals surface area contributed by atoms with E-state index in [0.29, 0.717) is 11.5 Å². The highest BCUT2D eigenvalue weighted by atomic mass is 16.5. The Hall–Kier alpha value is -1.35. The fourth-order valence-corrected chi connectivity index (χ4v) is 4.41. The molecule has 4 rings (SSSR count). The highest BCUT2D eigenvalue weighted by Crippen LogP contribution is 2.51. The number of esters is 1. The number of fused-ring (bicyclic) bond motifs is 3. The quantitative estimate of drug-likeness (QED) is 0.778. The molecule has 3 heteroatoms. The molecule has 2 saturated heterocycles. The summed E-state index contributed by atoms with van der Waals surface area (Å²) in [7, 11) is 2.21. The zero-order chi connectivity index (χ0) is 16.1. The van der Waals surface area contributed by atoms with E-state index in [0.717, 1.165) is 18.4 Å². The van der Waals surface area contributed by atoms with Gasteiger partial charge in [0, 0.05) is 23.4 Å². The zero-order valence-electron chi connectivity index (χ0n) is 14.3. The lowest BCUT2D eigenvalue weighted by Crippen LogP contribution is -2.70. The summed E-state index contributed by atoms with van der Waals surface area (Å²) in [6.45, 7) is 8.88. The third-order valence-electron chi connectivity index (χ3n) is 6.21. The van der Waals surface area contributed by atoms with Crippen molar-refractivity contribution >= 4 is 5.97 Å². The van der Waals surface area contributed by atoms with Gasteiger partial charge < -0.3 is 4.74 Å². The van der Waals surface area contributed by atoms with Crippen molar-refractivity contribution in [1.82, 2.24) is 4.90 Å². The minimum Gasteiger partial charge on any atom is -0.458 e. The van der Waals surface area contributed by atoms with Crippen LogP contribution in [0.2, 0.25) is 0 Å². The highest BCUT2D eigenvalue weighted by molar-refractivity contribution is 5.89. The van der Waals surface area contributed by atoms with Crippen LogP contribution in [0, 0.1) is 12.8 Å². The Balaban J connectivity index is 1.79. The molecule has 2 heterocycles. The van der Waals surface area contributed by atoms with E-state index in [-0.39, 0.29) is 23.2 Å². The minimum atomic E-state index is -0.181. The van der Waals surface area contributed by atoms with Crippen LogP contribution in [0.25, 0.3) is 0 Å². The molecule has 0 aromatic heterocycles. The largest absolute Gasteiger partial charge is 0.458 e. The molecule has 3 nitrogen and oxygen atoms in total. The van der Waals surface area contributed by atoms with Crippen LogP contribution in [-0.2, 0) is 4.74 Å². The first-order valence-electron chi connectivity index (χ1n) is 8.26. The van der Waals surface area contributed by atoms with E-state index in [4.69, 9.17) is 4.74 Å². The van der Waals surface area contributed by atoms with Gasteiger partial charge in [0.05, 0.1) is 5.56 Å². The molecule has 3 aliphatic rings. The molecule has 0 amide bonds. The molecule has 1 aromatic rings. The van der Waals surface area contributed by atoms with Crippen molar-refractivity contribution in [3.63, 3.8) is 0 Å². The van der Waals surface area contributed by atoms with E-state index in [9.17, 15) is 4.79 Å². The summed E-state index contributed by atoms with van der Waals surface area (Å²) >= 11 is 0. The monoisotopic (exact) mass is 301 g/mol. The van der Waals surface area contributed by atoms with E-state index >= 15 is 0 Å². The van der Waals surface area contributed by atoms with Crippen molar-refractivity contribution in [1.29, 1.82) is 0 Å². The molecule has 3 fully saturated rings. The predicted molar refractivity (Wildman–Crippen MR) is 88.0 cm³/mol. The normalized spacial score (nSPS) is 33.7. The number of benzene rings is 1. The maximum Gasteiger partial charge on any atom is 0.338 e. The van der Waals surface area contributed by atoms with Crippen LogP contribution in [0.5, 0.6) is 0 Å². The van der Waals surface area contributed by atoms with E-state index < -0.39 is 0 Å². The lowest BCUT2D eigenvalue weighted by atomic mass is 9.61. The molecular weight excluding hydrogens is 274 g/mol. The average Bonchev–Trinajstić information content (AvgIpc) is 2.45. The fourth-order valence-electron chi connectivity index (χ4n) is 4.41. The zero-order valence-corrected chi connectivity index (χ0v) is 14.3. The third-order valence-corrected chi connectivity index (χ3v) is 6.21. The van der Waals surface area contributed by atoms with Gasteiger partial charge in [0.15, 0.2) is 0 Å². The minimum absolute atomic E-state index is 0.0266.